The van der Waals surface area contributed by atoms with Gasteiger partial charge in [-0.1, -0.05) is 29.8 Å². The zero-order chi connectivity index (χ0) is 19.0. The summed E-state index contributed by atoms with van der Waals surface area (Å²) in [5, 5.41) is 2.10. The van der Waals surface area contributed by atoms with Gasteiger partial charge in [0.15, 0.2) is 0 Å². The Morgan fingerprint density at radius 3 is 2.59 bits per heavy atom. The molecule has 0 spiro atoms. The summed E-state index contributed by atoms with van der Waals surface area (Å²) >= 11 is 1.71. The number of amides is 1. The molecule has 0 bridgehead atoms. The van der Waals surface area contributed by atoms with Gasteiger partial charge in [0.05, 0.1) is 10.2 Å². The van der Waals surface area contributed by atoms with Crippen LogP contribution in [0.3, 0.4) is 0 Å². The summed E-state index contributed by atoms with van der Waals surface area (Å²) in [5.41, 5.74) is 4.66. The Balaban J connectivity index is 1.44. The Morgan fingerprint density at radius 2 is 1.89 bits per heavy atom. The van der Waals surface area contributed by atoms with Crippen molar-refractivity contribution in [1.82, 2.24) is 14.4 Å². The summed E-state index contributed by atoms with van der Waals surface area (Å²) in [6, 6.07) is 13.2. The summed E-state index contributed by atoms with van der Waals surface area (Å²) in [4.78, 5) is 17.7. The van der Waals surface area contributed by atoms with E-state index in [9.17, 15) is 4.79 Å². The highest BCUT2D eigenvalue weighted by atomic mass is 32.1. The van der Waals surface area contributed by atoms with Crippen molar-refractivity contribution in [1.29, 1.82) is 0 Å². The highest BCUT2D eigenvalue weighted by molar-refractivity contribution is 7.17. The highest BCUT2D eigenvalue weighted by Gasteiger charge is 2.26. The van der Waals surface area contributed by atoms with E-state index >= 15 is 0 Å². The minimum Gasteiger partial charge on any atom is -0.335 e. The SMILES string of the molecule is Cc1cccc(CN2CCN(C(=O)c3cc4sccc4n3C(C)C)CC2)c1. The van der Waals surface area contributed by atoms with Gasteiger partial charge >= 0.3 is 0 Å². The third kappa shape index (κ3) is 3.66. The highest BCUT2D eigenvalue weighted by Crippen LogP contribution is 2.29. The lowest BCUT2D eigenvalue weighted by molar-refractivity contribution is 0.0617. The van der Waals surface area contributed by atoms with Gasteiger partial charge in [0.1, 0.15) is 5.69 Å². The zero-order valence-electron chi connectivity index (χ0n) is 16.3. The van der Waals surface area contributed by atoms with Gasteiger partial charge < -0.3 is 9.47 Å². The molecule has 142 valence electrons. The number of rotatable bonds is 4. The van der Waals surface area contributed by atoms with Crippen LogP contribution in [0.25, 0.3) is 10.2 Å². The molecule has 3 aromatic rings. The van der Waals surface area contributed by atoms with Crippen LogP contribution in [-0.2, 0) is 6.54 Å². The number of hydrogen-bond acceptors (Lipinski definition) is 3. The summed E-state index contributed by atoms with van der Waals surface area (Å²) in [6.07, 6.45) is 0. The number of thiophene rings is 1. The van der Waals surface area contributed by atoms with E-state index in [1.54, 1.807) is 11.3 Å². The average Bonchev–Trinajstić information content (AvgIpc) is 3.22. The fourth-order valence-electron chi connectivity index (χ4n) is 4.01. The van der Waals surface area contributed by atoms with Crippen LogP contribution < -0.4 is 0 Å². The monoisotopic (exact) mass is 381 g/mol. The molecule has 0 aliphatic carbocycles. The first-order valence-electron chi connectivity index (χ1n) is 9.68. The number of hydrogen-bond donors (Lipinski definition) is 0. The Morgan fingerprint density at radius 1 is 1.11 bits per heavy atom. The molecule has 0 radical (unpaired) electrons. The van der Waals surface area contributed by atoms with E-state index < -0.39 is 0 Å². The van der Waals surface area contributed by atoms with Crippen molar-refractivity contribution in [3.8, 4) is 0 Å². The smallest absolute Gasteiger partial charge is 0.270 e. The van der Waals surface area contributed by atoms with Crippen molar-refractivity contribution in [3.05, 3.63) is 58.6 Å². The van der Waals surface area contributed by atoms with Crippen molar-refractivity contribution < 1.29 is 4.79 Å². The number of carbonyl (C=O) groups is 1. The molecular weight excluding hydrogens is 354 g/mol. The first-order valence-corrected chi connectivity index (χ1v) is 10.6. The van der Waals surface area contributed by atoms with Gasteiger partial charge in [-0.25, -0.2) is 0 Å². The first-order chi connectivity index (χ1) is 13.0. The summed E-state index contributed by atoms with van der Waals surface area (Å²) in [5.74, 6) is 0.169. The molecule has 4 rings (SSSR count). The Bertz CT molecular complexity index is 948. The predicted octanol–water partition coefficient (Wildman–Crippen LogP) is 4.55. The van der Waals surface area contributed by atoms with Crippen LogP contribution in [0.1, 0.15) is 41.5 Å². The maximum atomic E-state index is 13.2. The maximum Gasteiger partial charge on any atom is 0.270 e. The number of aromatic nitrogens is 1. The number of aryl methyl sites for hydroxylation is 1. The minimum absolute atomic E-state index is 0.169. The fraction of sp³-hybridized carbons (Fsp3) is 0.409. The van der Waals surface area contributed by atoms with Crippen LogP contribution in [0.5, 0.6) is 0 Å². The molecule has 2 aromatic heterocycles. The molecule has 3 heterocycles. The van der Waals surface area contributed by atoms with Crippen LogP contribution >= 0.6 is 11.3 Å². The van der Waals surface area contributed by atoms with Crippen LogP contribution in [-0.4, -0.2) is 46.5 Å². The van der Waals surface area contributed by atoms with Crippen molar-refractivity contribution in [2.24, 2.45) is 0 Å². The van der Waals surface area contributed by atoms with Gasteiger partial charge in [0, 0.05) is 38.8 Å². The van der Waals surface area contributed by atoms with Crippen LogP contribution in [0, 0.1) is 6.92 Å². The normalized spacial score (nSPS) is 15.8. The molecule has 1 aliphatic rings. The van der Waals surface area contributed by atoms with Crippen LogP contribution in [0.4, 0.5) is 0 Å². The van der Waals surface area contributed by atoms with Crippen molar-refractivity contribution >= 4 is 27.5 Å². The number of fused-ring (bicyclic) bond motifs is 1. The molecule has 0 N–H and O–H groups in total. The van der Waals surface area contributed by atoms with E-state index in [0.717, 1.165) is 38.4 Å². The second-order valence-electron chi connectivity index (χ2n) is 7.72. The molecule has 5 heteroatoms. The number of piperazine rings is 1. The van der Waals surface area contributed by atoms with E-state index in [2.05, 4.69) is 72.0 Å². The predicted molar refractivity (Wildman–Crippen MR) is 113 cm³/mol. The molecule has 1 fully saturated rings. The lowest BCUT2D eigenvalue weighted by Crippen LogP contribution is -2.48. The van der Waals surface area contributed by atoms with E-state index in [-0.39, 0.29) is 11.9 Å². The topological polar surface area (TPSA) is 28.5 Å². The van der Waals surface area contributed by atoms with Gasteiger partial charge in [-0.2, -0.15) is 0 Å². The fourth-order valence-corrected chi connectivity index (χ4v) is 4.82. The molecule has 1 aromatic carbocycles. The number of carbonyl (C=O) groups excluding carboxylic acids is 1. The van der Waals surface area contributed by atoms with Crippen molar-refractivity contribution in [2.45, 2.75) is 33.4 Å². The second kappa shape index (κ2) is 7.49. The molecule has 4 nitrogen and oxygen atoms in total. The summed E-state index contributed by atoms with van der Waals surface area (Å²) in [7, 11) is 0. The molecule has 0 unspecified atom stereocenters. The molecular formula is C22H27N3OS. The van der Waals surface area contributed by atoms with E-state index in [0.29, 0.717) is 0 Å². The molecule has 1 saturated heterocycles. The van der Waals surface area contributed by atoms with Gasteiger partial charge in [0.25, 0.3) is 5.91 Å². The third-order valence-electron chi connectivity index (χ3n) is 5.34. The molecule has 1 amide bonds. The standard InChI is InChI=1S/C22H27N3OS/c1-16(2)25-19-7-12-27-21(19)14-20(25)22(26)24-10-8-23(9-11-24)15-18-6-4-5-17(3)13-18/h4-7,12-14,16H,8-11,15H2,1-3H3. The van der Waals surface area contributed by atoms with Crippen LogP contribution in [0.15, 0.2) is 41.8 Å². The summed E-state index contributed by atoms with van der Waals surface area (Å²) < 4.78 is 3.39. The molecule has 0 atom stereocenters. The average molecular weight is 382 g/mol. The van der Waals surface area contributed by atoms with E-state index in [1.165, 1.54) is 21.3 Å². The summed E-state index contributed by atoms with van der Waals surface area (Å²) in [6.45, 7) is 10.8. The number of benzene rings is 1. The molecule has 0 saturated carbocycles. The van der Waals surface area contributed by atoms with Crippen LogP contribution in [0.2, 0.25) is 0 Å². The second-order valence-corrected chi connectivity index (χ2v) is 8.67. The Kier molecular flexibility index (Phi) is 5.06. The largest absolute Gasteiger partial charge is 0.335 e. The molecule has 1 aliphatic heterocycles. The van der Waals surface area contributed by atoms with E-state index in [1.807, 2.05) is 4.90 Å². The first kappa shape index (κ1) is 18.3. The third-order valence-corrected chi connectivity index (χ3v) is 6.20. The number of nitrogens with zero attached hydrogens (tertiary/aromatic N) is 3. The van der Waals surface area contributed by atoms with Crippen molar-refractivity contribution in [2.75, 3.05) is 26.2 Å². The van der Waals surface area contributed by atoms with Gasteiger partial charge in [-0.3, -0.25) is 9.69 Å². The minimum atomic E-state index is 0.169. The Labute approximate surface area is 165 Å². The zero-order valence-corrected chi connectivity index (χ0v) is 17.1. The van der Waals surface area contributed by atoms with E-state index in [4.69, 9.17) is 0 Å². The maximum absolute atomic E-state index is 13.2. The van der Waals surface area contributed by atoms with Gasteiger partial charge in [0.2, 0.25) is 0 Å². The quantitative estimate of drug-likeness (QED) is 0.663. The lowest BCUT2D eigenvalue weighted by Gasteiger charge is -2.35. The lowest BCUT2D eigenvalue weighted by atomic mass is 10.1. The Hall–Kier alpha value is -2.11. The van der Waals surface area contributed by atoms with Gasteiger partial charge in [-0.05, 0) is 43.8 Å². The molecule has 27 heavy (non-hydrogen) atoms. The van der Waals surface area contributed by atoms with Gasteiger partial charge in [-0.15, -0.1) is 11.3 Å². The van der Waals surface area contributed by atoms with Crippen molar-refractivity contribution in [3.63, 3.8) is 0 Å².